The second kappa shape index (κ2) is 6.26. The number of hydrogen-bond donors (Lipinski definition) is 1. The van der Waals surface area contributed by atoms with Gasteiger partial charge < -0.3 is 4.42 Å². The number of anilines is 1. The van der Waals surface area contributed by atoms with Gasteiger partial charge in [-0.2, -0.15) is 0 Å². The van der Waals surface area contributed by atoms with Crippen molar-refractivity contribution in [2.75, 3.05) is 4.72 Å². The van der Waals surface area contributed by atoms with Crippen LogP contribution in [0.4, 0.5) is 5.82 Å². The van der Waals surface area contributed by atoms with Crippen LogP contribution in [0.25, 0.3) is 17.2 Å². The average Bonchev–Trinajstić information content (AvgIpc) is 2.82. The summed E-state index contributed by atoms with van der Waals surface area (Å²) in [5, 5.41) is 2.06. The molecule has 0 aliphatic rings. The Morgan fingerprint density at radius 2 is 1.96 bits per heavy atom. The predicted molar refractivity (Wildman–Crippen MR) is 94.3 cm³/mol. The maximum atomic E-state index is 12.3. The molecule has 3 aromatic rings. The average molecular weight is 364 g/mol. The zero-order valence-corrected chi connectivity index (χ0v) is 14.5. The maximum Gasteiger partial charge on any atom is 0.256 e. The molecule has 3 rings (SSSR count). The Hall–Kier alpha value is -2.38. The summed E-state index contributed by atoms with van der Waals surface area (Å²) in [4.78, 5) is 8.03. The van der Waals surface area contributed by atoms with Crippen molar-refractivity contribution < 1.29 is 12.8 Å². The van der Waals surface area contributed by atoms with Gasteiger partial charge in [0.15, 0.2) is 5.82 Å². The van der Waals surface area contributed by atoms with Gasteiger partial charge >= 0.3 is 0 Å². The van der Waals surface area contributed by atoms with Crippen molar-refractivity contribution in [3.63, 3.8) is 0 Å². The first-order valence-electron chi connectivity index (χ1n) is 7.03. The molecule has 1 aromatic carbocycles. The third kappa shape index (κ3) is 3.27. The van der Waals surface area contributed by atoms with Gasteiger partial charge in [-0.25, -0.2) is 18.4 Å². The number of fused-ring (bicyclic) bond motifs is 1. The molecule has 0 saturated carbocycles. The van der Waals surface area contributed by atoms with Gasteiger partial charge in [0.05, 0.1) is 10.8 Å². The van der Waals surface area contributed by atoms with E-state index in [1.54, 1.807) is 31.2 Å². The highest BCUT2D eigenvalue weighted by Gasteiger charge is 2.16. The predicted octanol–water partition coefficient (Wildman–Crippen LogP) is 3.91. The molecule has 1 N–H and O–H groups in total. The van der Waals surface area contributed by atoms with E-state index in [0.717, 1.165) is 11.0 Å². The largest absolute Gasteiger partial charge is 0.443 e. The van der Waals surface area contributed by atoms with Crippen LogP contribution < -0.4 is 4.72 Å². The standard InChI is InChI=1S/C16H14ClN3O3S/c1-10-11(2)23-16-14(10)15(18-9-19-16)20-24(21,22)8-7-12-5-3-4-6-13(12)17/h3-9H,1-2H3,(H,18,19,20)/b8-7+. The van der Waals surface area contributed by atoms with Crippen molar-refractivity contribution in [2.24, 2.45) is 0 Å². The number of aryl methyl sites for hydroxylation is 2. The van der Waals surface area contributed by atoms with Crippen LogP contribution in [0.2, 0.25) is 5.02 Å². The van der Waals surface area contributed by atoms with E-state index in [0.29, 0.717) is 27.4 Å². The zero-order valence-electron chi connectivity index (χ0n) is 12.9. The monoisotopic (exact) mass is 363 g/mol. The van der Waals surface area contributed by atoms with Crippen LogP contribution >= 0.6 is 11.6 Å². The lowest BCUT2D eigenvalue weighted by Crippen LogP contribution is -2.10. The number of aromatic nitrogens is 2. The van der Waals surface area contributed by atoms with Gasteiger partial charge in [0.25, 0.3) is 10.0 Å². The molecule has 124 valence electrons. The van der Waals surface area contributed by atoms with E-state index in [2.05, 4.69) is 14.7 Å². The van der Waals surface area contributed by atoms with Crippen LogP contribution in [-0.4, -0.2) is 18.4 Å². The number of halogens is 1. The van der Waals surface area contributed by atoms with Crippen molar-refractivity contribution >= 4 is 44.6 Å². The number of hydrogen-bond acceptors (Lipinski definition) is 5. The summed E-state index contributed by atoms with van der Waals surface area (Å²) in [6.07, 6.45) is 2.68. The number of benzene rings is 1. The van der Waals surface area contributed by atoms with Gasteiger partial charge in [-0.15, -0.1) is 0 Å². The number of rotatable bonds is 4. The molecule has 0 aliphatic heterocycles. The van der Waals surface area contributed by atoms with Crippen LogP contribution in [0, 0.1) is 13.8 Å². The lowest BCUT2D eigenvalue weighted by molar-refractivity contribution is 0.564. The molecule has 0 unspecified atom stereocenters. The lowest BCUT2D eigenvalue weighted by Gasteiger charge is -2.05. The van der Waals surface area contributed by atoms with Crippen molar-refractivity contribution in [3.05, 3.63) is 57.9 Å². The number of sulfonamides is 1. The summed E-state index contributed by atoms with van der Waals surface area (Å²) < 4.78 is 32.5. The minimum atomic E-state index is -3.77. The van der Waals surface area contributed by atoms with E-state index in [9.17, 15) is 8.42 Å². The third-order valence-corrected chi connectivity index (χ3v) is 4.85. The van der Waals surface area contributed by atoms with E-state index >= 15 is 0 Å². The Morgan fingerprint density at radius 3 is 2.71 bits per heavy atom. The molecule has 2 aromatic heterocycles. The summed E-state index contributed by atoms with van der Waals surface area (Å²) in [5.74, 6) is 0.843. The van der Waals surface area contributed by atoms with Gasteiger partial charge in [-0.3, -0.25) is 4.72 Å². The van der Waals surface area contributed by atoms with Crippen molar-refractivity contribution in [1.29, 1.82) is 0 Å². The third-order valence-electron chi connectivity index (χ3n) is 3.54. The molecule has 0 bridgehead atoms. The van der Waals surface area contributed by atoms with Gasteiger partial charge in [0.2, 0.25) is 5.71 Å². The molecular weight excluding hydrogens is 350 g/mol. The quantitative estimate of drug-likeness (QED) is 0.759. The molecule has 24 heavy (non-hydrogen) atoms. The van der Waals surface area contributed by atoms with Crippen LogP contribution in [0.15, 0.2) is 40.4 Å². The minimum Gasteiger partial charge on any atom is -0.443 e. The first-order chi connectivity index (χ1) is 11.4. The topological polar surface area (TPSA) is 85.1 Å². The summed E-state index contributed by atoms with van der Waals surface area (Å²) in [6.45, 7) is 3.61. The van der Waals surface area contributed by atoms with E-state index in [1.165, 1.54) is 12.4 Å². The number of nitrogens with one attached hydrogen (secondary N) is 1. The van der Waals surface area contributed by atoms with E-state index in [4.69, 9.17) is 16.0 Å². The van der Waals surface area contributed by atoms with E-state index < -0.39 is 10.0 Å². The van der Waals surface area contributed by atoms with Gasteiger partial charge in [-0.1, -0.05) is 29.8 Å². The molecule has 8 heteroatoms. The minimum absolute atomic E-state index is 0.179. The van der Waals surface area contributed by atoms with Crippen LogP contribution in [0.3, 0.4) is 0 Å². The van der Waals surface area contributed by atoms with Crippen LogP contribution in [0.1, 0.15) is 16.9 Å². The van der Waals surface area contributed by atoms with Gasteiger partial charge in [-0.05, 0) is 31.6 Å². The van der Waals surface area contributed by atoms with E-state index in [1.807, 2.05) is 6.92 Å². The zero-order chi connectivity index (χ0) is 17.3. The Kier molecular flexibility index (Phi) is 4.29. The second-order valence-electron chi connectivity index (χ2n) is 5.16. The molecule has 0 saturated heterocycles. The SMILES string of the molecule is Cc1oc2ncnc(NS(=O)(=O)/C=C/c3ccccc3Cl)c2c1C. The molecule has 0 radical (unpaired) electrons. The molecule has 0 amide bonds. The Bertz CT molecular complexity index is 1040. The Morgan fingerprint density at radius 1 is 1.21 bits per heavy atom. The van der Waals surface area contributed by atoms with Gasteiger partial charge in [0.1, 0.15) is 12.1 Å². The molecular formula is C16H14ClN3O3S. The van der Waals surface area contributed by atoms with Crippen LogP contribution in [-0.2, 0) is 10.0 Å². The molecule has 0 atom stereocenters. The second-order valence-corrected chi connectivity index (χ2v) is 7.13. The number of nitrogens with zero attached hydrogens (tertiary/aromatic N) is 2. The molecule has 2 heterocycles. The maximum absolute atomic E-state index is 12.3. The first-order valence-corrected chi connectivity index (χ1v) is 8.96. The fourth-order valence-electron chi connectivity index (χ4n) is 2.20. The van der Waals surface area contributed by atoms with Crippen molar-refractivity contribution in [3.8, 4) is 0 Å². The number of furan rings is 1. The fraction of sp³-hybridized carbons (Fsp3) is 0.125. The van der Waals surface area contributed by atoms with Crippen LogP contribution in [0.5, 0.6) is 0 Å². The first kappa shape index (κ1) is 16.5. The molecule has 0 aliphatic carbocycles. The van der Waals surface area contributed by atoms with Gasteiger partial charge in [0, 0.05) is 10.6 Å². The summed E-state index contributed by atoms with van der Waals surface area (Å²) in [5.41, 5.74) is 1.74. The molecule has 0 fully saturated rings. The normalized spacial score (nSPS) is 12.1. The van der Waals surface area contributed by atoms with Crippen molar-refractivity contribution in [1.82, 2.24) is 9.97 Å². The fourth-order valence-corrected chi connectivity index (χ4v) is 3.22. The highest BCUT2D eigenvalue weighted by atomic mass is 35.5. The highest BCUT2D eigenvalue weighted by molar-refractivity contribution is 7.95. The molecule has 0 spiro atoms. The summed E-state index contributed by atoms with van der Waals surface area (Å²) in [6, 6.07) is 6.96. The Labute approximate surface area is 144 Å². The summed E-state index contributed by atoms with van der Waals surface area (Å²) >= 11 is 6.02. The van der Waals surface area contributed by atoms with E-state index in [-0.39, 0.29) is 5.82 Å². The lowest BCUT2D eigenvalue weighted by atomic mass is 10.2. The summed E-state index contributed by atoms with van der Waals surface area (Å²) in [7, 11) is -3.77. The smallest absolute Gasteiger partial charge is 0.256 e. The Balaban J connectivity index is 1.94. The van der Waals surface area contributed by atoms with Crippen molar-refractivity contribution in [2.45, 2.75) is 13.8 Å². The highest BCUT2D eigenvalue weighted by Crippen LogP contribution is 2.28. The molecule has 6 nitrogen and oxygen atoms in total.